The highest BCUT2D eigenvalue weighted by Crippen LogP contribution is 2.68. The summed E-state index contributed by atoms with van der Waals surface area (Å²) in [4.78, 5) is 2.06. The molecule has 3 rings (SSSR count). The van der Waals surface area contributed by atoms with E-state index in [1.807, 2.05) is 38.4 Å². The molecule has 2 aliphatic rings. The second-order valence-corrected chi connectivity index (χ2v) is 10.1. The molecule has 0 aliphatic carbocycles. The molecule has 2 heterocycles. The maximum absolute atomic E-state index is 13.7. The molecular formula is C16H27N4OP. The predicted octanol–water partition coefficient (Wildman–Crippen LogP) is 3.46. The summed E-state index contributed by atoms with van der Waals surface area (Å²) in [5.74, 6) is 0. The zero-order chi connectivity index (χ0) is 16.3. The van der Waals surface area contributed by atoms with Crippen LogP contribution in [0.3, 0.4) is 0 Å². The first-order chi connectivity index (χ1) is 10.1. The molecule has 2 atom stereocenters. The first-order valence-electron chi connectivity index (χ1n) is 7.78. The standard InChI is InChI=1S/C16H27N4OP/c1-15(2)11-19(15)22(21,20-12-16(20,3)4)17-13-7-9-14(10-8-13)18(5)6/h7-10H,11-12H2,1-6H3,(H,17,21). The summed E-state index contributed by atoms with van der Waals surface area (Å²) in [5, 5.41) is 3.35. The third-order valence-electron chi connectivity index (χ3n) is 4.58. The van der Waals surface area contributed by atoms with E-state index in [2.05, 4.69) is 47.0 Å². The van der Waals surface area contributed by atoms with E-state index in [1.54, 1.807) is 0 Å². The highest BCUT2D eigenvalue weighted by atomic mass is 31.2. The summed E-state index contributed by atoms with van der Waals surface area (Å²) in [6, 6.07) is 8.12. The number of rotatable bonds is 5. The molecular weight excluding hydrogens is 295 g/mol. The van der Waals surface area contributed by atoms with Gasteiger partial charge in [0.1, 0.15) is 0 Å². The summed E-state index contributed by atoms with van der Waals surface area (Å²) in [5.41, 5.74) is 2.09. The maximum Gasteiger partial charge on any atom is 0.309 e. The topological polar surface area (TPSA) is 38.4 Å². The Hall–Kier alpha value is -1.03. The van der Waals surface area contributed by atoms with Crippen molar-refractivity contribution in [3.05, 3.63) is 24.3 Å². The van der Waals surface area contributed by atoms with Gasteiger partial charge in [0.25, 0.3) is 0 Å². The number of nitrogens with one attached hydrogen (secondary N) is 1. The molecule has 1 aromatic carbocycles. The molecule has 0 bridgehead atoms. The Balaban J connectivity index is 1.84. The van der Waals surface area contributed by atoms with Gasteiger partial charge in [-0.3, -0.25) is 4.57 Å². The first-order valence-corrected chi connectivity index (χ1v) is 9.39. The van der Waals surface area contributed by atoms with Crippen molar-refractivity contribution >= 4 is 19.0 Å². The van der Waals surface area contributed by atoms with E-state index in [1.165, 1.54) is 0 Å². The van der Waals surface area contributed by atoms with Crippen molar-refractivity contribution in [3.8, 4) is 0 Å². The van der Waals surface area contributed by atoms with Crippen LogP contribution in [0.15, 0.2) is 24.3 Å². The molecule has 1 N–H and O–H groups in total. The van der Waals surface area contributed by atoms with Crippen molar-refractivity contribution in [3.63, 3.8) is 0 Å². The Labute approximate surface area is 133 Å². The van der Waals surface area contributed by atoms with Gasteiger partial charge in [0.05, 0.1) is 0 Å². The molecule has 0 saturated carbocycles. The molecule has 22 heavy (non-hydrogen) atoms. The average Bonchev–Trinajstić information content (AvgIpc) is 3.25. The lowest BCUT2D eigenvalue weighted by Crippen LogP contribution is -2.21. The van der Waals surface area contributed by atoms with Crippen LogP contribution in [-0.4, -0.2) is 47.6 Å². The van der Waals surface area contributed by atoms with Gasteiger partial charge in [-0.1, -0.05) is 0 Å². The fourth-order valence-electron chi connectivity index (χ4n) is 2.84. The van der Waals surface area contributed by atoms with E-state index in [9.17, 15) is 4.57 Å². The number of benzene rings is 1. The van der Waals surface area contributed by atoms with Crippen molar-refractivity contribution < 1.29 is 4.57 Å². The van der Waals surface area contributed by atoms with E-state index in [4.69, 9.17) is 0 Å². The molecule has 0 amide bonds. The summed E-state index contributed by atoms with van der Waals surface area (Å²) in [6.45, 7) is 10.3. The molecule has 0 spiro atoms. The SMILES string of the molecule is CN(C)c1ccc(NP(=O)(N2CC2(C)C)N2CC2(C)C)cc1. The lowest BCUT2D eigenvalue weighted by atomic mass is 10.2. The van der Waals surface area contributed by atoms with Gasteiger partial charge in [-0.25, -0.2) is 9.34 Å². The van der Waals surface area contributed by atoms with E-state index < -0.39 is 7.59 Å². The lowest BCUT2D eigenvalue weighted by molar-refractivity contribution is 0.475. The van der Waals surface area contributed by atoms with Crippen molar-refractivity contribution in [2.24, 2.45) is 0 Å². The third kappa shape index (κ3) is 2.66. The molecule has 2 saturated heterocycles. The average molecular weight is 322 g/mol. The number of anilines is 2. The van der Waals surface area contributed by atoms with Crippen LogP contribution in [-0.2, 0) is 4.57 Å². The van der Waals surface area contributed by atoms with Crippen LogP contribution >= 0.6 is 7.59 Å². The fourth-order valence-corrected chi connectivity index (χ4v) is 6.37. The second-order valence-electron chi connectivity index (χ2n) is 7.84. The van der Waals surface area contributed by atoms with Crippen molar-refractivity contribution in [2.45, 2.75) is 38.8 Å². The Morgan fingerprint density at radius 3 is 1.73 bits per heavy atom. The van der Waals surface area contributed by atoms with Gasteiger partial charge in [-0.05, 0) is 52.0 Å². The van der Waals surface area contributed by atoms with Crippen molar-refractivity contribution in [1.29, 1.82) is 0 Å². The normalized spacial score (nSPS) is 30.3. The van der Waals surface area contributed by atoms with Gasteiger partial charge in [0.15, 0.2) is 0 Å². The second kappa shape index (κ2) is 4.73. The fraction of sp³-hybridized carbons (Fsp3) is 0.625. The highest BCUT2D eigenvalue weighted by molar-refractivity contribution is 7.61. The van der Waals surface area contributed by atoms with E-state index in [0.717, 1.165) is 24.5 Å². The third-order valence-corrected chi connectivity index (χ3v) is 7.80. The minimum absolute atomic E-state index is 0.0186. The molecule has 2 fully saturated rings. The first kappa shape index (κ1) is 15.9. The Bertz CT molecular complexity index is 598. The number of nitrogens with zero attached hydrogens (tertiary/aromatic N) is 3. The Morgan fingerprint density at radius 2 is 1.41 bits per heavy atom. The van der Waals surface area contributed by atoms with E-state index in [-0.39, 0.29) is 11.1 Å². The molecule has 0 radical (unpaired) electrons. The van der Waals surface area contributed by atoms with Crippen LogP contribution in [0.25, 0.3) is 0 Å². The van der Waals surface area contributed by atoms with Crippen LogP contribution < -0.4 is 9.99 Å². The van der Waals surface area contributed by atoms with Crippen LogP contribution in [0, 0.1) is 0 Å². The molecule has 6 heteroatoms. The van der Waals surface area contributed by atoms with Crippen molar-refractivity contribution in [1.82, 2.24) is 9.34 Å². The summed E-state index contributed by atoms with van der Waals surface area (Å²) >= 11 is 0. The minimum Gasteiger partial charge on any atom is -0.378 e. The molecule has 1 aromatic rings. The quantitative estimate of drug-likeness (QED) is 0.664. The Morgan fingerprint density at radius 1 is 1.00 bits per heavy atom. The highest BCUT2D eigenvalue weighted by Gasteiger charge is 2.64. The van der Waals surface area contributed by atoms with E-state index >= 15 is 0 Å². The molecule has 2 unspecified atom stereocenters. The molecule has 0 aromatic heterocycles. The van der Waals surface area contributed by atoms with Crippen LogP contribution in [0.1, 0.15) is 27.7 Å². The van der Waals surface area contributed by atoms with Gasteiger partial charge < -0.3 is 9.99 Å². The summed E-state index contributed by atoms with van der Waals surface area (Å²) < 4.78 is 17.9. The van der Waals surface area contributed by atoms with Crippen LogP contribution in [0.2, 0.25) is 0 Å². The number of hydrogen-bond acceptors (Lipinski definition) is 2. The van der Waals surface area contributed by atoms with Gasteiger partial charge in [0, 0.05) is 49.6 Å². The predicted molar refractivity (Wildman–Crippen MR) is 93.6 cm³/mol. The smallest absolute Gasteiger partial charge is 0.309 e. The van der Waals surface area contributed by atoms with Gasteiger partial charge in [-0.2, -0.15) is 0 Å². The monoisotopic (exact) mass is 322 g/mol. The van der Waals surface area contributed by atoms with Gasteiger partial charge >= 0.3 is 7.59 Å². The molecule has 122 valence electrons. The van der Waals surface area contributed by atoms with E-state index in [0.29, 0.717) is 0 Å². The zero-order valence-corrected chi connectivity index (χ0v) is 15.3. The van der Waals surface area contributed by atoms with Gasteiger partial charge in [-0.15, -0.1) is 0 Å². The molecule has 2 aliphatic heterocycles. The minimum atomic E-state index is -2.74. The number of hydrogen-bond donors (Lipinski definition) is 1. The van der Waals surface area contributed by atoms with Crippen LogP contribution in [0.5, 0.6) is 0 Å². The van der Waals surface area contributed by atoms with Crippen LogP contribution in [0.4, 0.5) is 11.4 Å². The van der Waals surface area contributed by atoms with Crippen molar-refractivity contribution in [2.75, 3.05) is 37.2 Å². The Kier molecular flexibility index (Phi) is 3.41. The largest absolute Gasteiger partial charge is 0.378 e. The zero-order valence-electron chi connectivity index (χ0n) is 14.4. The summed E-state index contributed by atoms with van der Waals surface area (Å²) in [6.07, 6.45) is 0. The summed E-state index contributed by atoms with van der Waals surface area (Å²) in [7, 11) is 1.29. The molecule has 5 nitrogen and oxygen atoms in total. The van der Waals surface area contributed by atoms with Gasteiger partial charge in [0.2, 0.25) is 0 Å². The lowest BCUT2D eigenvalue weighted by Gasteiger charge is -2.27. The maximum atomic E-state index is 13.7.